The van der Waals surface area contributed by atoms with Gasteiger partial charge in [0.15, 0.2) is 5.78 Å². The highest BCUT2D eigenvalue weighted by atomic mass is 16.6. The molecule has 0 unspecified atom stereocenters. The van der Waals surface area contributed by atoms with Crippen molar-refractivity contribution in [3.8, 4) is 0 Å². The van der Waals surface area contributed by atoms with Crippen LogP contribution in [0.4, 0.5) is 5.69 Å². The number of carbonyl (C=O) groups is 1. The Morgan fingerprint density at radius 2 is 2.41 bits per heavy atom. The Hall–Kier alpha value is -1.76. The van der Waals surface area contributed by atoms with Gasteiger partial charge in [-0.15, -0.1) is 0 Å². The largest absolute Gasteiger partial charge is 0.373 e. The SMILES string of the molecule is Cn1ncc([N+](=O)[O-])c1[C@H]1CCC(=O)COC1. The van der Waals surface area contributed by atoms with Crippen molar-refractivity contribution in [1.82, 2.24) is 9.78 Å². The van der Waals surface area contributed by atoms with E-state index in [0.717, 1.165) is 0 Å². The fourth-order valence-corrected chi connectivity index (χ4v) is 2.07. The van der Waals surface area contributed by atoms with Crippen LogP contribution in [0.15, 0.2) is 6.20 Å². The highest BCUT2D eigenvalue weighted by Crippen LogP contribution is 2.30. The predicted molar refractivity (Wildman–Crippen MR) is 57.7 cm³/mol. The number of hydrogen-bond acceptors (Lipinski definition) is 5. The summed E-state index contributed by atoms with van der Waals surface area (Å²) in [6.45, 7) is 0.425. The third-order valence-corrected chi connectivity index (χ3v) is 2.90. The average Bonchev–Trinajstić information content (AvgIpc) is 2.52. The van der Waals surface area contributed by atoms with Gasteiger partial charge in [0.05, 0.1) is 11.5 Å². The molecule has 1 aliphatic heterocycles. The summed E-state index contributed by atoms with van der Waals surface area (Å²) in [5.74, 6) is -0.105. The lowest BCUT2D eigenvalue weighted by Crippen LogP contribution is -2.12. The normalized spacial score (nSPS) is 21.2. The molecule has 2 heterocycles. The van der Waals surface area contributed by atoms with E-state index in [1.54, 1.807) is 7.05 Å². The minimum Gasteiger partial charge on any atom is -0.373 e. The molecule has 7 heteroatoms. The van der Waals surface area contributed by atoms with E-state index in [-0.39, 0.29) is 24.0 Å². The third-order valence-electron chi connectivity index (χ3n) is 2.90. The van der Waals surface area contributed by atoms with Crippen molar-refractivity contribution in [1.29, 1.82) is 0 Å². The number of nitrogens with zero attached hydrogens (tertiary/aromatic N) is 3. The first-order valence-corrected chi connectivity index (χ1v) is 5.35. The van der Waals surface area contributed by atoms with Crippen LogP contribution in [-0.2, 0) is 16.6 Å². The van der Waals surface area contributed by atoms with Crippen molar-refractivity contribution in [2.45, 2.75) is 18.8 Å². The topological polar surface area (TPSA) is 87.3 Å². The van der Waals surface area contributed by atoms with Crippen LogP contribution in [0.25, 0.3) is 0 Å². The number of ketones is 1. The summed E-state index contributed by atoms with van der Waals surface area (Å²) >= 11 is 0. The molecule has 7 nitrogen and oxygen atoms in total. The molecule has 0 radical (unpaired) electrons. The number of Topliss-reactive ketones (excluding diaryl/α,β-unsaturated/α-hetero) is 1. The van der Waals surface area contributed by atoms with Gasteiger partial charge in [-0.25, -0.2) is 0 Å². The van der Waals surface area contributed by atoms with E-state index in [0.29, 0.717) is 25.1 Å². The van der Waals surface area contributed by atoms with Crippen molar-refractivity contribution in [2.24, 2.45) is 7.05 Å². The van der Waals surface area contributed by atoms with Crippen LogP contribution in [0, 0.1) is 10.1 Å². The molecule has 92 valence electrons. The van der Waals surface area contributed by atoms with E-state index in [2.05, 4.69) is 5.10 Å². The van der Waals surface area contributed by atoms with Gasteiger partial charge in [0.2, 0.25) is 0 Å². The summed E-state index contributed by atoms with van der Waals surface area (Å²) < 4.78 is 6.71. The number of aryl methyl sites for hydroxylation is 1. The highest BCUT2D eigenvalue weighted by molar-refractivity contribution is 5.79. The summed E-state index contributed by atoms with van der Waals surface area (Å²) in [6.07, 6.45) is 2.20. The monoisotopic (exact) mass is 239 g/mol. The van der Waals surface area contributed by atoms with Gasteiger partial charge in [-0.1, -0.05) is 0 Å². The molecule has 0 spiro atoms. The number of aromatic nitrogens is 2. The van der Waals surface area contributed by atoms with Crippen molar-refractivity contribution in [3.05, 3.63) is 22.0 Å². The number of nitro groups is 1. The van der Waals surface area contributed by atoms with E-state index < -0.39 is 4.92 Å². The molecule has 1 atom stereocenters. The summed E-state index contributed by atoms with van der Waals surface area (Å²) in [7, 11) is 1.66. The van der Waals surface area contributed by atoms with Gasteiger partial charge in [0, 0.05) is 19.4 Å². The van der Waals surface area contributed by atoms with Gasteiger partial charge in [0.1, 0.15) is 18.5 Å². The summed E-state index contributed by atoms with van der Waals surface area (Å²) in [5, 5.41) is 14.8. The lowest BCUT2D eigenvalue weighted by atomic mass is 9.99. The summed E-state index contributed by atoms with van der Waals surface area (Å²) in [6, 6.07) is 0. The van der Waals surface area contributed by atoms with Crippen LogP contribution in [0.1, 0.15) is 24.5 Å². The van der Waals surface area contributed by atoms with Gasteiger partial charge in [-0.05, 0) is 6.42 Å². The maximum absolute atomic E-state index is 11.2. The first-order valence-electron chi connectivity index (χ1n) is 5.35. The van der Waals surface area contributed by atoms with Crippen molar-refractivity contribution in [3.63, 3.8) is 0 Å². The fraction of sp³-hybridized carbons (Fsp3) is 0.600. The molecule has 1 aliphatic rings. The zero-order valence-electron chi connectivity index (χ0n) is 9.46. The minimum absolute atomic E-state index is 0.00421. The van der Waals surface area contributed by atoms with Gasteiger partial charge in [-0.3, -0.25) is 19.6 Å². The molecule has 0 aromatic carbocycles. The number of hydrogen-bond donors (Lipinski definition) is 0. The first-order chi connectivity index (χ1) is 8.09. The van der Waals surface area contributed by atoms with Gasteiger partial charge in [-0.2, -0.15) is 5.10 Å². The van der Waals surface area contributed by atoms with Crippen LogP contribution < -0.4 is 0 Å². The van der Waals surface area contributed by atoms with Gasteiger partial charge >= 0.3 is 5.69 Å². The quantitative estimate of drug-likeness (QED) is 0.562. The molecule has 1 aromatic heterocycles. The molecule has 0 saturated carbocycles. The zero-order valence-corrected chi connectivity index (χ0v) is 9.46. The van der Waals surface area contributed by atoms with Crippen LogP contribution >= 0.6 is 0 Å². The Balaban J connectivity index is 2.29. The second-order valence-electron chi connectivity index (χ2n) is 4.09. The van der Waals surface area contributed by atoms with Crippen LogP contribution in [0.3, 0.4) is 0 Å². The standard InChI is InChI=1S/C10H13N3O4/c1-12-10(9(4-11-12)13(15)16)7-2-3-8(14)6-17-5-7/h4,7H,2-3,5-6H2,1H3/t7-/m0/s1. The van der Waals surface area contributed by atoms with Gasteiger partial charge < -0.3 is 4.74 Å². The average molecular weight is 239 g/mol. The van der Waals surface area contributed by atoms with Crippen molar-refractivity contribution < 1.29 is 14.5 Å². The van der Waals surface area contributed by atoms with Crippen molar-refractivity contribution in [2.75, 3.05) is 13.2 Å². The Kier molecular flexibility index (Phi) is 3.19. The fourth-order valence-electron chi connectivity index (χ4n) is 2.07. The molecule has 1 fully saturated rings. The van der Waals surface area contributed by atoms with E-state index in [4.69, 9.17) is 4.74 Å². The molecule has 0 bridgehead atoms. The number of carbonyl (C=O) groups excluding carboxylic acids is 1. The van der Waals surface area contributed by atoms with E-state index >= 15 is 0 Å². The maximum atomic E-state index is 11.2. The molecule has 0 aliphatic carbocycles. The van der Waals surface area contributed by atoms with E-state index in [1.165, 1.54) is 10.9 Å². The Labute approximate surface area is 97.5 Å². The van der Waals surface area contributed by atoms with Gasteiger partial charge in [0.25, 0.3) is 0 Å². The molecule has 17 heavy (non-hydrogen) atoms. The smallest absolute Gasteiger partial charge is 0.310 e. The molecule has 0 N–H and O–H groups in total. The third kappa shape index (κ3) is 2.33. The second kappa shape index (κ2) is 4.62. The molecular formula is C10H13N3O4. The number of ether oxygens (including phenoxy) is 1. The van der Waals surface area contributed by atoms with Crippen LogP contribution in [0.5, 0.6) is 0 Å². The zero-order chi connectivity index (χ0) is 12.4. The molecule has 1 aromatic rings. The van der Waals surface area contributed by atoms with E-state index in [9.17, 15) is 14.9 Å². The predicted octanol–water partition coefficient (Wildman–Crippen LogP) is 0.791. The van der Waals surface area contributed by atoms with Crippen molar-refractivity contribution >= 4 is 11.5 Å². The Morgan fingerprint density at radius 3 is 3.12 bits per heavy atom. The molecule has 1 saturated heterocycles. The van der Waals surface area contributed by atoms with Crippen LogP contribution in [0.2, 0.25) is 0 Å². The summed E-state index contributed by atoms with van der Waals surface area (Å²) in [4.78, 5) is 21.6. The lowest BCUT2D eigenvalue weighted by Gasteiger charge is -2.12. The molecule has 0 amide bonds. The maximum Gasteiger partial charge on any atom is 0.310 e. The van der Waals surface area contributed by atoms with E-state index in [1.807, 2.05) is 0 Å². The second-order valence-corrected chi connectivity index (χ2v) is 4.09. The molecular weight excluding hydrogens is 226 g/mol. The lowest BCUT2D eigenvalue weighted by molar-refractivity contribution is -0.385. The first kappa shape index (κ1) is 11.7. The number of rotatable bonds is 2. The Morgan fingerprint density at radius 1 is 1.65 bits per heavy atom. The molecule has 2 rings (SSSR count). The Bertz CT molecular complexity index is 454. The minimum atomic E-state index is -0.449. The highest BCUT2D eigenvalue weighted by Gasteiger charge is 2.29. The van der Waals surface area contributed by atoms with Crippen LogP contribution in [-0.4, -0.2) is 33.7 Å². The summed E-state index contributed by atoms with van der Waals surface area (Å²) in [5.41, 5.74) is 0.528.